The maximum atomic E-state index is 11.9. The molecule has 1 aliphatic rings. The lowest BCUT2D eigenvalue weighted by Crippen LogP contribution is -2.37. The fraction of sp³-hybridized carbons (Fsp3) is 0.500. The van der Waals surface area contributed by atoms with Gasteiger partial charge in [-0.3, -0.25) is 9.79 Å². The second-order valence-electron chi connectivity index (χ2n) is 6.61. The van der Waals surface area contributed by atoms with Gasteiger partial charge >= 0.3 is 0 Å². The van der Waals surface area contributed by atoms with E-state index < -0.39 is 0 Å². The van der Waals surface area contributed by atoms with Crippen LogP contribution in [0.2, 0.25) is 0 Å². The highest BCUT2D eigenvalue weighted by atomic mass is 127. The first-order valence-electron chi connectivity index (χ1n) is 9.03. The highest BCUT2D eigenvalue weighted by Gasteiger charge is 2.07. The minimum atomic E-state index is 0. The summed E-state index contributed by atoms with van der Waals surface area (Å²) in [5.74, 6) is 0.832. The summed E-state index contributed by atoms with van der Waals surface area (Å²) >= 11 is 0. The second kappa shape index (κ2) is 11.9. The van der Waals surface area contributed by atoms with Gasteiger partial charge in [0.2, 0.25) is 0 Å². The van der Waals surface area contributed by atoms with Crippen molar-refractivity contribution in [1.82, 2.24) is 15.5 Å². The molecule has 0 fully saturated rings. The molecule has 0 aliphatic heterocycles. The lowest BCUT2D eigenvalue weighted by molar-refractivity contribution is 0.0827. The predicted octanol–water partition coefficient (Wildman–Crippen LogP) is 3.56. The molecule has 0 bridgehead atoms. The van der Waals surface area contributed by atoms with Crippen LogP contribution in [0.15, 0.2) is 40.9 Å². The Kier molecular flexibility index (Phi) is 10.3. The summed E-state index contributed by atoms with van der Waals surface area (Å²) in [5, 5.41) is 6.69. The van der Waals surface area contributed by atoms with Gasteiger partial charge in [-0.25, -0.2) is 0 Å². The van der Waals surface area contributed by atoms with Crippen LogP contribution in [0.3, 0.4) is 0 Å². The molecule has 1 aromatic carbocycles. The van der Waals surface area contributed by atoms with E-state index in [2.05, 4.69) is 21.7 Å². The summed E-state index contributed by atoms with van der Waals surface area (Å²) in [7, 11) is 5.31. The molecule has 0 saturated carbocycles. The zero-order valence-electron chi connectivity index (χ0n) is 16.0. The van der Waals surface area contributed by atoms with Gasteiger partial charge in [0.15, 0.2) is 5.96 Å². The number of hydrogen-bond donors (Lipinski definition) is 2. The molecule has 0 radical (unpaired) electrons. The first kappa shape index (κ1) is 22.5. The van der Waals surface area contributed by atoms with Gasteiger partial charge < -0.3 is 15.5 Å². The van der Waals surface area contributed by atoms with Gasteiger partial charge in [-0.1, -0.05) is 23.8 Å². The van der Waals surface area contributed by atoms with Gasteiger partial charge in [0.05, 0.1) is 0 Å². The molecule has 144 valence electrons. The van der Waals surface area contributed by atoms with E-state index in [0.29, 0.717) is 12.1 Å². The van der Waals surface area contributed by atoms with E-state index >= 15 is 0 Å². The maximum absolute atomic E-state index is 11.9. The molecule has 1 aliphatic carbocycles. The number of aliphatic imine (C=N–C) groups is 1. The van der Waals surface area contributed by atoms with Gasteiger partial charge in [-0.15, -0.1) is 24.0 Å². The van der Waals surface area contributed by atoms with Crippen LogP contribution in [-0.2, 0) is 6.54 Å². The molecule has 0 unspecified atom stereocenters. The van der Waals surface area contributed by atoms with Crippen molar-refractivity contribution in [3.05, 3.63) is 47.0 Å². The highest BCUT2D eigenvalue weighted by molar-refractivity contribution is 14.0. The summed E-state index contributed by atoms with van der Waals surface area (Å²) in [6.07, 6.45) is 8.60. The van der Waals surface area contributed by atoms with E-state index in [4.69, 9.17) is 0 Å². The van der Waals surface area contributed by atoms with Crippen LogP contribution in [0.1, 0.15) is 48.0 Å². The van der Waals surface area contributed by atoms with Crippen molar-refractivity contribution in [2.45, 2.75) is 38.6 Å². The molecule has 5 nitrogen and oxygen atoms in total. The smallest absolute Gasteiger partial charge is 0.253 e. The van der Waals surface area contributed by atoms with Crippen molar-refractivity contribution in [2.75, 3.05) is 27.7 Å². The molecule has 0 heterocycles. The van der Waals surface area contributed by atoms with Crippen LogP contribution in [0.4, 0.5) is 0 Å². The molecule has 2 rings (SSSR count). The minimum Gasteiger partial charge on any atom is -0.356 e. The predicted molar refractivity (Wildman–Crippen MR) is 119 cm³/mol. The largest absolute Gasteiger partial charge is 0.356 e. The number of allylic oxidation sites excluding steroid dienone is 1. The van der Waals surface area contributed by atoms with E-state index in [-0.39, 0.29) is 29.9 Å². The monoisotopic (exact) mass is 470 g/mol. The summed E-state index contributed by atoms with van der Waals surface area (Å²) in [5.41, 5.74) is 3.39. The quantitative estimate of drug-likeness (QED) is 0.289. The zero-order valence-corrected chi connectivity index (χ0v) is 18.4. The number of benzene rings is 1. The van der Waals surface area contributed by atoms with Crippen molar-refractivity contribution in [2.24, 2.45) is 4.99 Å². The summed E-state index contributed by atoms with van der Waals surface area (Å²) in [6, 6.07) is 7.68. The number of carbonyl (C=O) groups is 1. The number of carbonyl (C=O) groups excluding carboxylic acids is 1. The van der Waals surface area contributed by atoms with E-state index in [9.17, 15) is 4.79 Å². The van der Waals surface area contributed by atoms with Crippen LogP contribution < -0.4 is 10.6 Å². The molecule has 26 heavy (non-hydrogen) atoms. The normalized spacial score (nSPS) is 14.1. The van der Waals surface area contributed by atoms with E-state index in [1.54, 1.807) is 31.6 Å². The SMILES string of the molecule is CN=C(NCCC1=CCCCC1)NCc1ccc(C(=O)N(C)C)cc1.I. The van der Waals surface area contributed by atoms with Gasteiger partial charge in [0.25, 0.3) is 5.91 Å². The Morgan fingerprint density at radius 2 is 1.88 bits per heavy atom. The minimum absolute atomic E-state index is 0. The summed E-state index contributed by atoms with van der Waals surface area (Å²) < 4.78 is 0. The Morgan fingerprint density at radius 1 is 1.15 bits per heavy atom. The van der Waals surface area contributed by atoms with E-state index in [0.717, 1.165) is 24.5 Å². The molecule has 0 saturated heterocycles. The van der Waals surface area contributed by atoms with Crippen LogP contribution in [0.25, 0.3) is 0 Å². The van der Waals surface area contributed by atoms with E-state index in [1.165, 1.54) is 25.7 Å². The number of hydrogen-bond acceptors (Lipinski definition) is 2. The van der Waals surface area contributed by atoms with Crippen LogP contribution in [0.5, 0.6) is 0 Å². The Hall–Kier alpha value is -1.57. The lowest BCUT2D eigenvalue weighted by Gasteiger charge is -2.15. The fourth-order valence-electron chi connectivity index (χ4n) is 2.90. The third-order valence-corrected chi connectivity index (χ3v) is 4.41. The van der Waals surface area contributed by atoms with Crippen molar-refractivity contribution in [1.29, 1.82) is 0 Å². The standard InChI is InChI=1S/C20H30N4O.HI/c1-21-20(22-14-13-16-7-5-4-6-8-16)23-15-17-9-11-18(12-10-17)19(25)24(2)3;/h7,9-12H,4-6,8,13-15H2,1-3H3,(H2,21,22,23);1H. The molecule has 0 aromatic heterocycles. The Balaban J connectivity index is 0.00000338. The Labute approximate surface area is 174 Å². The molecule has 0 spiro atoms. The number of rotatable bonds is 6. The molecular weight excluding hydrogens is 439 g/mol. The van der Waals surface area contributed by atoms with Crippen molar-refractivity contribution in [3.63, 3.8) is 0 Å². The van der Waals surface area contributed by atoms with E-state index in [1.807, 2.05) is 24.3 Å². The molecule has 2 N–H and O–H groups in total. The molecule has 1 aromatic rings. The van der Waals surface area contributed by atoms with Gasteiger partial charge in [0, 0.05) is 39.8 Å². The third-order valence-electron chi connectivity index (χ3n) is 4.41. The second-order valence-corrected chi connectivity index (χ2v) is 6.61. The molecule has 0 atom stereocenters. The fourth-order valence-corrected chi connectivity index (χ4v) is 2.90. The lowest BCUT2D eigenvalue weighted by atomic mass is 9.97. The summed E-state index contributed by atoms with van der Waals surface area (Å²) in [6.45, 7) is 1.58. The number of nitrogens with zero attached hydrogens (tertiary/aromatic N) is 2. The summed E-state index contributed by atoms with van der Waals surface area (Å²) in [4.78, 5) is 17.7. The average Bonchev–Trinajstić information content (AvgIpc) is 2.65. The first-order valence-corrected chi connectivity index (χ1v) is 9.03. The zero-order chi connectivity index (χ0) is 18.1. The Morgan fingerprint density at radius 3 is 2.46 bits per heavy atom. The van der Waals surface area contributed by atoms with Gasteiger partial charge in [-0.2, -0.15) is 0 Å². The highest BCUT2D eigenvalue weighted by Crippen LogP contribution is 2.19. The van der Waals surface area contributed by atoms with Crippen molar-refractivity contribution in [3.8, 4) is 0 Å². The number of nitrogens with one attached hydrogen (secondary N) is 2. The first-order chi connectivity index (χ1) is 12.1. The van der Waals surface area contributed by atoms with Crippen LogP contribution in [-0.4, -0.2) is 44.5 Å². The van der Waals surface area contributed by atoms with Crippen molar-refractivity contribution < 1.29 is 4.79 Å². The third kappa shape index (κ3) is 7.35. The molecular formula is C20H31IN4O. The Bertz CT molecular complexity index is 623. The molecule has 1 amide bonds. The van der Waals surface area contributed by atoms with Crippen LogP contribution in [0, 0.1) is 0 Å². The molecule has 6 heteroatoms. The number of guanidine groups is 1. The van der Waals surface area contributed by atoms with Crippen LogP contribution >= 0.6 is 24.0 Å². The van der Waals surface area contributed by atoms with Gasteiger partial charge in [0.1, 0.15) is 0 Å². The average molecular weight is 470 g/mol. The number of amides is 1. The van der Waals surface area contributed by atoms with Gasteiger partial charge in [-0.05, 0) is 49.8 Å². The van der Waals surface area contributed by atoms with Crippen molar-refractivity contribution >= 4 is 35.8 Å². The topological polar surface area (TPSA) is 56.7 Å². The number of halogens is 1. The maximum Gasteiger partial charge on any atom is 0.253 e.